The number of hydrogen-bond acceptors (Lipinski definition) is 3. The lowest BCUT2D eigenvalue weighted by atomic mass is 9.99. The molecule has 0 bridgehead atoms. The van der Waals surface area contributed by atoms with Gasteiger partial charge in [0.2, 0.25) is 0 Å². The minimum absolute atomic E-state index is 0.0358. The number of amides is 2. The number of aliphatic hydroxyl groups is 1. The minimum Gasteiger partial charge on any atom is -0.481 e. The highest BCUT2D eigenvalue weighted by Gasteiger charge is 2.33. The predicted molar refractivity (Wildman–Crippen MR) is 68.7 cm³/mol. The summed E-state index contributed by atoms with van der Waals surface area (Å²) in [6, 6.07) is -0.0358. The molecule has 19 heavy (non-hydrogen) atoms. The Morgan fingerprint density at radius 3 is 2.53 bits per heavy atom. The zero-order valence-electron chi connectivity index (χ0n) is 11.1. The van der Waals surface area contributed by atoms with Crippen molar-refractivity contribution in [1.29, 1.82) is 0 Å². The van der Waals surface area contributed by atoms with Crippen molar-refractivity contribution in [3.8, 4) is 0 Å². The molecule has 0 aromatic heterocycles. The maximum atomic E-state index is 12.3. The molecule has 2 N–H and O–H groups in total. The molecule has 2 aliphatic rings. The topological polar surface area (TPSA) is 81.1 Å². The van der Waals surface area contributed by atoms with E-state index in [1.165, 1.54) is 0 Å². The normalized spacial score (nSPS) is 27.6. The Hall–Kier alpha value is -1.30. The van der Waals surface area contributed by atoms with Crippen LogP contribution in [0.25, 0.3) is 0 Å². The fraction of sp³-hybridized carbons (Fsp3) is 0.846. The van der Waals surface area contributed by atoms with Crippen LogP contribution in [0.4, 0.5) is 4.79 Å². The third kappa shape index (κ3) is 3.37. The van der Waals surface area contributed by atoms with E-state index in [-0.39, 0.29) is 12.6 Å². The molecule has 6 heteroatoms. The van der Waals surface area contributed by atoms with E-state index in [0.717, 1.165) is 25.8 Å². The van der Waals surface area contributed by atoms with Gasteiger partial charge in [0.15, 0.2) is 0 Å². The maximum absolute atomic E-state index is 12.3. The van der Waals surface area contributed by atoms with Gasteiger partial charge in [-0.15, -0.1) is 0 Å². The van der Waals surface area contributed by atoms with Crippen molar-refractivity contribution in [3.05, 3.63) is 0 Å². The number of hydrogen-bond donors (Lipinski definition) is 2. The monoisotopic (exact) mass is 270 g/mol. The number of carboxylic acid groups (broad SMARTS) is 1. The Kier molecular flexibility index (Phi) is 4.63. The summed E-state index contributed by atoms with van der Waals surface area (Å²) < 4.78 is 0. The van der Waals surface area contributed by atoms with Crippen LogP contribution in [0, 0.1) is 11.8 Å². The molecule has 2 saturated heterocycles. The molecule has 0 spiro atoms. The van der Waals surface area contributed by atoms with Gasteiger partial charge in [0.1, 0.15) is 0 Å². The van der Waals surface area contributed by atoms with E-state index < -0.39 is 11.9 Å². The molecule has 0 aliphatic carbocycles. The lowest BCUT2D eigenvalue weighted by Gasteiger charge is -2.33. The number of carboxylic acids is 1. The molecule has 2 rings (SSSR count). The summed E-state index contributed by atoms with van der Waals surface area (Å²) in [5, 5.41) is 18.0. The van der Waals surface area contributed by atoms with Crippen LogP contribution in [0.15, 0.2) is 0 Å². The molecule has 0 saturated carbocycles. The number of carbonyl (C=O) groups excluding carboxylic acids is 1. The minimum atomic E-state index is -0.808. The number of piperidine rings is 1. The first kappa shape index (κ1) is 14.1. The van der Waals surface area contributed by atoms with Gasteiger partial charge < -0.3 is 20.0 Å². The van der Waals surface area contributed by atoms with E-state index in [1.807, 2.05) is 0 Å². The zero-order valence-corrected chi connectivity index (χ0v) is 11.1. The van der Waals surface area contributed by atoms with Gasteiger partial charge in [-0.05, 0) is 31.6 Å². The van der Waals surface area contributed by atoms with Crippen molar-refractivity contribution >= 4 is 12.0 Å². The fourth-order valence-electron chi connectivity index (χ4n) is 2.98. The Bertz CT molecular complexity index is 348. The van der Waals surface area contributed by atoms with Crippen molar-refractivity contribution in [2.45, 2.75) is 25.7 Å². The van der Waals surface area contributed by atoms with Crippen LogP contribution in [0.3, 0.4) is 0 Å². The number of likely N-dealkylation sites (tertiary alicyclic amines) is 2. The molecular weight excluding hydrogens is 248 g/mol. The van der Waals surface area contributed by atoms with Gasteiger partial charge in [-0.3, -0.25) is 4.79 Å². The molecule has 2 aliphatic heterocycles. The molecule has 2 fully saturated rings. The third-order valence-electron chi connectivity index (χ3n) is 4.13. The number of carbonyl (C=O) groups is 2. The van der Waals surface area contributed by atoms with Gasteiger partial charge in [-0.2, -0.15) is 0 Å². The molecule has 108 valence electrons. The summed E-state index contributed by atoms with van der Waals surface area (Å²) in [6.45, 7) is 2.56. The second kappa shape index (κ2) is 6.23. The highest BCUT2D eigenvalue weighted by molar-refractivity contribution is 5.77. The molecule has 2 amide bonds. The van der Waals surface area contributed by atoms with Gasteiger partial charge in [-0.1, -0.05) is 0 Å². The van der Waals surface area contributed by atoms with Gasteiger partial charge >= 0.3 is 12.0 Å². The average Bonchev–Trinajstić information content (AvgIpc) is 2.87. The smallest absolute Gasteiger partial charge is 0.320 e. The van der Waals surface area contributed by atoms with E-state index >= 15 is 0 Å². The summed E-state index contributed by atoms with van der Waals surface area (Å²) >= 11 is 0. The van der Waals surface area contributed by atoms with E-state index in [4.69, 9.17) is 10.2 Å². The van der Waals surface area contributed by atoms with Crippen LogP contribution < -0.4 is 0 Å². The van der Waals surface area contributed by atoms with E-state index in [1.54, 1.807) is 9.80 Å². The standard InChI is InChI=1S/C13H22N2O4/c16-7-4-10-3-6-15(8-10)13(19)14-5-1-2-11(9-14)12(17)18/h10-11,16H,1-9H2,(H,17,18)/t10?,11-/m0/s1. The first-order valence-corrected chi connectivity index (χ1v) is 6.99. The molecular formula is C13H22N2O4. The highest BCUT2D eigenvalue weighted by Crippen LogP contribution is 2.23. The van der Waals surface area contributed by atoms with Crippen molar-refractivity contribution in [1.82, 2.24) is 9.80 Å². The van der Waals surface area contributed by atoms with Crippen molar-refractivity contribution in [3.63, 3.8) is 0 Å². The Morgan fingerprint density at radius 2 is 1.84 bits per heavy atom. The van der Waals surface area contributed by atoms with Crippen LogP contribution in [-0.2, 0) is 4.79 Å². The molecule has 1 unspecified atom stereocenters. The Morgan fingerprint density at radius 1 is 1.11 bits per heavy atom. The Labute approximate surface area is 113 Å². The van der Waals surface area contributed by atoms with Crippen LogP contribution in [0.2, 0.25) is 0 Å². The average molecular weight is 270 g/mol. The van der Waals surface area contributed by atoms with E-state index in [2.05, 4.69) is 0 Å². The van der Waals surface area contributed by atoms with Crippen LogP contribution in [0.5, 0.6) is 0 Å². The fourth-order valence-corrected chi connectivity index (χ4v) is 2.98. The van der Waals surface area contributed by atoms with E-state index in [0.29, 0.717) is 32.0 Å². The van der Waals surface area contributed by atoms with Gasteiger partial charge in [0.05, 0.1) is 5.92 Å². The molecule has 0 aromatic carbocycles. The van der Waals surface area contributed by atoms with Crippen LogP contribution in [0.1, 0.15) is 25.7 Å². The second-order valence-corrected chi connectivity index (χ2v) is 5.52. The maximum Gasteiger partial charge on any atom is 0.320 e. The summed E-state index contributed by atoms with van der Waals surface area (Å²) in [5.41, 5.74) is 0. The highest BCUT2D eigenvalue weighted by atomic mass is 16.4. The first-order chi connectivity index (χ1) is 9.11. The second-order valence-electron chi connectivity index (χ2n) is 5.52. The molecule has 2 atom stereocenters. The van der Waals surface area contributed by atoms with Crippen molar-refractivity contribution in [2.75, 3.05) is 32.8 Å². The van der Waals surface area contributed by atoms with Crippen molar-refractivity contribution in [2.24, 2.45) is 11.8 Å². The summed E-state index contributed by atoms with van der Waals surface area (Å²) in [5.74, 6) is -0.848. The molecule has 6 nitrogen and oxygen atoms in total. The summed E-state index contributed by atoms with van der Waals surface area (Å²) in [6.07, 6.45) is 3.09. The summed E-state index contributed by atoms with van der Waals surface area (Å²) in [7, 11) is 0. The SMILES string of the molecule is O=C(O)[C@H]1CCCN(C(=O)N2CCC(CCO)C2)C1. The van der Waals surface area contributed by atoms with Crippen molar-refractivity contribution < 1.29 is 19.8 Å². The number of aliphatic hydroxyl groups excluding tert-OH is 1. The van der Waals surface area contributed by atoms with Gasteiger partial charge in [0.25, 0.3) is 0 Å². The van der Waals surface area contributed by atoms with E-state index in [9.17, 15) is 9.59 Å². The largest absolute Gasteiger partial charge is 0.481 e. The number of aliphatic carboxylic acids is 1. The third-order valence-corrected chi connectivity index (χ3v) is 4.13. The first-order valence-electron chi connectivity index (χ1n) is 6.99. The molecule has 0 radical (unpaired) electrons. The Balaban J connectivity index is 1.87. The lowest BCUT2D eigenvalue weighted by Crippen LogP contribution is -2.48. The van der Waals surface area contributed by atoms with Gasteiger partial charge in [0, 0.05) is 32.8 Å². The lowest BCUT2D eigenvalue weighted by molar-refractivity contribution is -0.143. The predicted octanol–water partition coefficient (Wildman–Crippen LogP) is 0.607. The zero-order chi connectivity index (χ0) is 13.8. The van der Waals surface area contributed by atoms with Crippen LogP contribution in [-0.4, -0.2) is 64.8 Å². The number of rotatable bonds is 3. The number of urea groups is 1. The van der Waals surface area contributed by atoms with Crippen LogP contribution >= 0.6 is 0 Å². The van der Waals surface area contributed by atoms with Gasteiger partial charge in [-0.25, -0.2) is 4.79 Å². The molecule has 0 aromatic rings. The summed E-state index contributed by atoms with van der Waals surface area (Å²) in [4.78, 5) is 26.8. The molecule has 2 heterocycles. The quantitative estimate of drug-likeness (QED) is 0.787. The number of nitrogens with zero attached hydrogens (tertiary/aromatic N) is 2.